The number of rotatable bonds is 6. The number of esters is 1. The van der Waals surface area contributed by atoms with Crippen LogP contribution in [0.25, 0.3) is 33.2 Å². The Balaban J connectivity index is 1.70. The molecule has 0 fully saturated rings. The molecule has 0 amide bonds. The zero-order chi connectivity index (χ0) is 29.9. The summed E-state index contributed by atoms with van der Waals surface area (Å²) < 4.78 is 4.88. The molecule has 1 aliphatic carbocycles. The molecule has 0 aromatic carbocycles. The van der Waals surface area contributed by atoms with Crippen LogP contribution >= 0.6 is 0 Å². The van der Waals surface area contributed by atoms with Gasteiger partial charge in [-0.05, 0) is 80.5 Å². The molecule has 6 rings (SSSR count). The molecular formula is C34H36N4O4. The average Bonchev–Trinajstić information content (AvgIpc) is 3.71. The third-order valence-electron chi connectivity index (χ3n) is 9.39. The van der Waals surface area contributed by atoms with E-state index in [-0.39, 0.29) is 23.6 Å². The number of aromatic amines is 2. The minimum Gasteiger partial charge on any atom is -0.469 e. The van der Waals surface area contributed by atoms with Crippen molar-refractivity contribution >= 4 is 51.3 Å². The molecular weight excluding hydrogens is 528 g/mol. The highest BCUT2D eigenvalue weighted by Gasteiger charge is 2.35. The van der Waals surface area contributed by atoms with Crippen LogP contribution in [-0.4, -0.2) is 45.1 Å². The second-order valence-electron chi connectivity index (χ2n) is 11.7. The first-order valence-corrected chi connectivity index (χ1v) is 14.7. The third-order valence-corrected chi connectivity index (χ3v) is 9.39. The minimum atomic E-state index is -0.232. The van der Waals surface area contributed by atoms with E-state index >= 15 is 0 Å². The van der Waals surface area contributed by atoms with Crippen LogP contribution in [0.4, 0.5) is 0 Å². The van der Waals surface area contributed by atoms with E-state index in [0.717, 1.165) is 97.4 Å². The topological polar surface area (TPSA) is 118 Å². The lowest BCUT2D eigenvalue weighted by Crippen LogP contribution is -2.07. The molecule has 5 heterocycles. The Kier molecular flexibility index (Phi) is 6.95. The molecule has 0 saturated carbocycles. The number of hydrogen-bond donors (Lipinski definition) is 2. The fourth-order valence-electron chi connectivity index (χ4n) is 6.88. The van der Waals surface area contributed by atoms with Crippen LogP contribution in [-0.2, 0) is 16.0 Å². The number of methoxy groups -OCH3 is 1. The van der Waals surface area contributed by atoms with Crippen LogP contribution in [0.1, 0.15) is 118 Å². The number of carbonyl (C=O) groups is 3. The van der Waals surface area contributed by atoms with Crippen molar-refractivity contribution in [2.24, 2.45) is 0 Å². The standard InChI is InChI=1S/C34H36N4O4/c1-7-20-16(2)25-13-29-23(15-39)18(4)24(36-29)12-26-17(3)21(9-8-10-31(41)42-6)33(37-26)22-11-30(40)32-19(5)27(38-34(22)32)14-28(20)35-25/h12-15,17,21,36,38H,7-11H2,1-6H3/t17?,21-/m0/s1. The smallest absolute Gasteiger partial charge is 0.305 e. The predicted molar refractivity (Wildman–Crippen MR) is 164 cm³/mol. The molecule has 2 aliphatic heterocycles. The molecule has 2 N–H and O–H groups in total. The number of nitrogens with zero attached hydrogens (tertiary/aromatic N) is 2. The fraction of sp³-hybridized carbons (Fsp3) is 0.382. The van der Waals surface area contributed by atoms with Gasteiger partial charge in [0.2, 0.25) is 0 Å². The number of aryl methyl sites for hydroxylation is 2. The van der Waals surface area contributed by atoms with Crippen molar-refractivity contribution in [1.29, 1.82) is 0 Å². The van der Waals surface area contributed by atoms with E-state index in [1.807, 2.05) is 32.0 Å². The highest BCUT2D eigenvalue weighted by molar-refractivity contribution is 6.13. The number of ketones is 1. The number of hydrogen-bond acceptors (Lipinski definition) is 6. The quantitative estimate of drug-likeness (QED) is 0.245. The maximum Gasteiger partial charge on any atom is 0.305 e. The number of nitrogens with one attached hydrogen (secondary N) is 2. The van der Waals surface area contributed by atoms with Gasteiger partial charge in [0.25, 0.3) is 0 Å². The molecule has 0 spiro atoms. The highest BCUT2D eigenvalue weighted by atomic mass is 16.5. The van der Waals surface area contributed by atoms with Gasteiger partial charge in [-0.25, -0.2) is 4.98 Å². The third kappa shape index (κ3) is 4.32. The molecule has 2 atom stereocenters. The van der Waals surface area contributed by atoms with Crippen molar-refractivity contribution < 1.29 is 19.1 Å². The molecule has 3 aliphatic rings. The molecule has 3 aromatic heterocycles. The highest BCUT2D eigenvalue weighted by Crippen LogP contribution is 2.44. The molecule has 0 saturated heterocycles. The van der Waals surface area contributed by atoms with Gasteiger partial charge < -0.3 is 14.7 Å². The number of aromatic nitrogens is 4. The minimum absolute atomic E-state index is 0.0291. The first-order valence-electron chi connectivity index (χ1n) is 14.7. The van der Waals surface area contributed by atoms with Crippen LogP contribution in [0.5, 0.6) is 0 Å². The Labute approximate surface area is 244 Å². The van der Waals surface area contributed by atoms with Gasteiger partial charge in [-0.15, -0.1) is 0 Å². The number of carbonyl (C=O) groups excluding carboxylic acids is 3. The number of Topliss-reactive ketones (excluding diaryl/α,β-unsaturated/α-hetero) is 1. The molecule has 0 radical (unpaired) electrons. The van der Waals surface area contributed by atoms with Crippen LogP contribution in [0.15, 0.2) is 18.2 Å². The first kappa shape index (κ1) is 27.8. The number of allylic oxidation sites excluding steroid dienone is 2. The largest absolute Gasteiger partial charge is 0.469 e. The van der Waals surface area contributed by atoms with Gasteiger partial charge in [0, 0.05) is 58.1 Å². The fourth-order valence-corrected chi connectivity index (χ4v) is 6.88. The maximum absolute atomic E-state index is 13.4. The molecule has 216 valence electrons. The van der Waals surface area contributed by atoms with E-state index in [9.17, 15) is 14.4 Å². The second-order valence-corrected chi connectivity index (χ2v) is 11.7. The normalized spacial score (nSPS) is 17.7. The summed E-state index contributed by atoms with van der Waals surface area (Å²) in [5.41, 5.74) is 13.0. The van der Waals surface area contributed by atoms with Gasteiger partial charge >= 0.3 is 5.97 Å². The van der Waals surface area contributed by atoms with Gasteiger partial charge in [0.05, 0.1) is 35.2 Å². The summed E-state index contributed by atoms with van der Waals surface area (Å²) in [6.45, 7) is 10.3. The van der Waals surface area contributed by atoms with E-state index in [1.165, 1.54) is 7.11 Å². The Hall–Kier alpha value is -4.33. The van der Waals surface area contributed by atoms with E-state index in [1.54, 1.807) is 0 Å². The van der Waals surface area contributed by atoms with Crippen LogP contribution < -0.4 is 0 Å². The van der Waals surface area contributed by atoms with Crippen molar-refractivity contribution in [3.63, 3.8) is 0 Å². The van der Waals surface area contributed by atoms with E-state index in [4.69, 9.17) is 14.7 Å². The SMILES string of the molecule is CCC1=C(C)c2cc3[nH]c(cc4nc(c5c6[nH]c(cc1n2)c(C)c6C(=O)C5)[C@@H](CCCC(=O)OC)C4C)c(C)c3C=O. The Morgan fingerprint density at radius 2 is 1.79 bits per heavy atom. The number of fused-ring (bicyclic) bond motifs is 8. The van der Waals surface area contributed by atoms with Gasteiger partial charge in [0.1, 0.15) is 0 Å². The zero-order valence-electron chi connectivity index (χ0n) is 25.0. The molecule has 8 nitrogen and oxygen atoms in total. The maximum atomic E-state index is 13.4. The van der Waals surface area contributed by atoms with Crippen LogP contribution in [0.2, 0.25) is 0 Å². The molecule has 42 heavy (non-hydrogen) atoms. The Morgan fingerprint density at radius 1 is 1.05 bits per heavy atom. The lowest BCUT2D eigenvalue weighted by molar-refractivity contribution is -0.140. The summed E-state index contributed by atoms with van der Waals surface area (Å²) in [7, 11) is 1.41. The number of ether oxygens (including phenoxy) is 1. The summed E-state index contributed by atoms with van der Waals surface area (Å²) in [6, 6.07) is 6.02. The van der Waals surface area contributed by atoms with E-state index < -0.39 is 0 Å². The second kappa shape index (κ2) is 10.5. The molecule has 1 unspecified atom stereocenters. The van der Waals surface area contributed by atoms with E-state index in [2.05, 4.69) is 30.7 Å². The monoisotopic (exact) mass is 564 g/mol. The van der Waals surface area contributed by atoms with E-state index in [0.29, 0.717) is 24.8 Å². The zero-order valence-corrected chi connectivity index (χ0v) is 25.0. The van der Waals surface area contributed by atoms with Gasteiger partial charge in [-0.2, -0.15) is 0 Å². The summed E-state index contributed by atoms with van der Waals surface area (Å²) in [4.78, 5) is 54.8. The summed E-state index contributed by atoms with van der Waals surface area (Å²) in [6.07, 6.45) is 3.72. The van der Waals surface area contributed by atoms with Crippen molar-refractivity contribution in [2.75, 3.05) is 7.11 Å². The molecule has 3 aromatic rings. The first-order chi connectivity index (χ1) is 20.2. The number of aldehydes is 1. The van der Waals surface area contributed by atoms with Crippen LogP contribution in [0.3, 0.4) is 0 Å². The van der Waals surface area contributed by atoms with Crippen LogP contribution in [0, 0.1) is 13.8 Å². The number of H-pyrrole nitrogens is 2. The Morgan fingerprint density at radius 3 is 2.50 bits per heavy atom. The van der Waals surface area contributed by atoms with Crippen molar-refractivity contribution in [3.05, 3.63) is 68.8 Å². The average molecular weight is 565 g/mol. The summed E-state index contributed by atoms with van der Waals surface area (Å²) >= 11 is 0. The van der Waals surface area contributed by atoms with Gasteiger partial charge in [-0.1, -0.05) is 13.8 Å². The Bertz CT molecular complexity index is 1870. The predicted octanol–water partition coefficient (Wildman–Crippen LogP) is 7.05. The van der Waals surface area contributed by atoms with Gasteiger partial charge in [0.15, 0.2) is 12.1 Å². The lowest BCUT2D eigenvalue weighted by Gasteiger charge is -2.17. The van der Waals surface area contributed by atoms with Crippen molar-refractivity contribution in [2.45, 2.75) is 78.6 Å². The summed E-state index contributed by atoms with van der Waals surface area (Å²) in [5, 5.41) is 0. The molecule has 8 heteroatoms. The van der Waals surface area contributed by atoms with Gasteiger partial charge in [-0.3, -0.25) is 19.4 Å². The van der Waals surface area contributed by atoms with Crippen molar-refractivity contribution in [1.82, 2.24) is 19.9 Å². The van der Waals surface area contributed by atoms with Crippen molar-refractivity contribution in [3.8, 4) is 0 Å². The molecule has 8 bridgehead atoms. The lowest BCUT2D eigenvalue weighted by atomic mass is 9.85. The summed E-state index contributed by atoms with van der Waals surface area (Å²) in [5.74, 6) is -0.0661.